The minimum absolute atomic E-state index is 0.243. The molecule has 1 saturated carbocycles. The van der Waals surface area contributed by atoms with Crippen LogP contribution < -0.4 is 10.6 Å². The summed E-state index contributed by atoms with van der Waals surface area (Å²) in [6.07, 6.45) is 5.24. The predicted octanol–water partition coefficient (Wildman–Crippen LogP) is 4.58. The predicted molar refractivity (Wildman–Crippen MR) is 109 cm³/mol. The summed E-state index contributed by atoms with van der Waals surface area (Å²) in [4.78, 5) is 16.6. The Bertz CT molecular complexity index is 888. The van der Waals surface area contributed by atoms with Gasteiger partial charge < -0.3 is 10.6 Å². The van der Waals surface area contributed by atoms with Gasteiger partial charge in [0.25, 0.3) is 0 Å². The van der Waals surface area contributed by atoms with E-state index in [0.717, 1.165) is 36.6 Å². The molecule has 4 rings (SSSR count). The van der Waals surface area contributed by atoms with Gasteiger partial charge in [0.05, 0.1) is 16.2 Å². The summed E-state index contributed by atoms with van der Waals surface area (Å²) < 4.78 is 0. The van der Waals surface area contributed by atoms with Crippen LogP contribution in [0.3, 0.4) is 0 Å². The Morgan fingerprint density at radius 1 is 1.31 bits per heavy atom. The molecule has 2 heterocycles. The molecular weight excluding hydrogens is 389 g/mol. The summed E-state index contributed by atoms with van der Waals surface area (Å²) in [5.41, 5.74) is 7.75. The Labute approximate surface area is 167 Å². The van der Waals surface area contributed by atoms with Crippen molar-refractivity contribution in [1.82, 2.24) is 9.97 Å². The van der Waals surface area contributed by atoms with Gasteiger partial charge in [0, 0.05) is 36.2 Å². The molecule has 2 aromatic rings. The zero-order valence-corrected chi connectivity index (χ0v) is 16.7. The quantitative estimate of drug-likeness (QED) is 0.806. The highest BCUT2D eigenvalue weighted by molar-refractivity contribution is 7.99. The van der Waals surface area contributed by atoms with Crippen LogP contribution in [0.4, 0.5) is 11.6 Å². The number of aliphatic imine (C=N–C) groups is 1. The molecule has 0 bridgehead atoms. The molecule has 1 aromatic carbocycles. The molecule has 1 spiro atoms. The molecule has 1 aromatic heterocycles. The molecule has 1 saturated heterocycles. The summed E-state index contributed by atoms with van der Waals surface area (Å²) in [6.45, 7) is 1.90. The molecule has 136 valence electrons. The van der Waals surface area contributed by atoms with E-state index >= 15 is 0 Å². The fourth-order valence-corrected chi connectivity index (χ4v) is 5.01. The Kier molecular flexibility index (Phi) is 4.75. The second kappa shape index (κ2) is 6.91. The van der Waals surface area contributed by atoms with Crippen LogP contribution in [0.1, 0.15) is 19.3 Å². The Morgan fingerprint density at radius 2 is 2.15 bits per heavy atom. The highest BCUT2D eigenvalue weighted by Gasteiger charge is 2.48. The lowest BCUT2D eigenvalue weighted by Gasteiger charge is -2.40. The molecular formula is C18H19Cl2N5S. The minimum Gasteiger partial charge on any atom is -0.381 e. The first-order chi connectivity index (χ1) is 12.5. The molecule has 8 heteroatoms. The number of halogens is 2. The Balaban J connectivity index is 1.53. The van der Waals surface area contributed by atoms with Crippen molar-refractivity contribution < 1.29 is 0 Å². The van der Waals surface area contributed by atoms with E-state index in [9.17, 15) is 0 Å². The molecule has 2 fully saturated rings. The number of nitrogen functional groups attached to an aromatic ring is 1. The first kappa shape index (κ1) is 17.9. The van der Waals surface area contributed by atoms with Crippen molar-refractivity contribution in [2.24, 2.45) is 10.4 Å². The molecule has 2 N–H and O–H groups in total. The first-order valence-corrected chi connectivity index (χ1v) is 10.1. The zero-order chi connectivity index (χ0) is 18.3. The van der Waals surface area contributed by atoms with Crippen LogP contribution in [0.15, 0.2) is 39.3 Å². The third kappa shape index (κ3) is 3.04. The van der Waals surface area contributed by atoms with Gasteiger partial charge in [0.1, 0.15) is 10.8 Å². The fourth-order valence-electron chi connectivity index (χ4n) is 3.73. The monoisotopic (exact) mass is 407 g/mol. The van der Waals surface area contributed by atoms with E-state index < -0.39 is 0 Å². The lowest BCUT2D eigenvalue weighted by molar-refractivity contribution is 0.368. The highest BCUT2D eigenvalue weighted by atomic mass is 35.5. The van der Waals surface area contributed by atoms with Crippen LogP contribution in [0, 0.1) is 5.41 Å². The summed E-state index contributed by atoms with van der Waals surface area (Å²) in [6, 6.07) is 5.49. The Hall–Kier alpha value is -1.50. The van der Waals surface area contributed by atoms with Gasteiger partial charge in [-0.3, -0.25) is 4.99 Å². The molecule has 5 nitrogen and oxygen atoms in total. The second-order valence-electron chi connectivity index (χ2n) is 6.69. The summed E-state index contributed by atoms with van der Waals surface area (Å²) in [5.74, 6) is 1.23. The summed E-state index contributed by atoms with van der Waals surface area (Å²) >= 11 is 13.7. The number of anilines is 2. The number of hydrogen-bond acceptors (Lipinski definition) is 6. The minimum atomic E-state index is 0.243. The average Bonchev–Trinajstić information content (AvgIpc) is 3.08. The van der Waals surface area contributed by atoms with Crippen LogP contribution in [-0.2, 0) is 0 Å². The number of rotatable bonds is 3. The Morgan fingerprint density at radius 3 is 2.85 bits per heavy atom. The SMILES string of the molecule is CN=C1CC[C@@]12CCN(c1cnc(Sc3cccc(Cl)c3Cl)c(N)n1)C2. The van der Waals surface area contributed by atoms with Gasteiger partial charge in [0.2, 0.25) is 0 Å². The maximum Gasteiger partial charge on any atom is 0.158 e. The summed E-state index contributed by atoms with van der Waals surface area (Å²) in [7, 11) is 1.89. The average molecular weight is 408 g/mol. The van der Waals surface area contributed by atoms with Crippen LogP contribution in [0.25, 0.3) is 0 Å². The van der Waals surface area contributed by atoms with Crippen LogP contribution in [0.2, 0.25) is 10.0 Å². The van der Waals surface area contributed by atoms with E-state index in [4.69, 9.17) is 28.9 Å². The molecule has 0 amide bonds. The van der Waals surface area contributed by atoms with E-state index in [-0.39, 0.29) is 5.41 Å². The van der Waals surface area contributed by atoms with Gasteiger partial charge in [-0.25, -0.2) is 9.97 Å². The van der Waals surface area contributed by atoms with Gasteiger partial charge in [0.15, 0.2) is 5.82 Å². The van der Waals surface area contributed by atoms with Crippen molar-refractivity contribution in [3.63, 3.8) is 0 Å². The third-order valence-electron chi connectivity index (χ3n) is 5.27. The molecule has 0 radical (unpaired) electrons. The number of hydrogen-bond donors (Lipinski definition) is 1. The van der Waals surface area contributed by atoms with E-state index in [0.29, 0.717) is 20.9 Å². The first-order valence-electron chi connectivity index (χ1n) is 8.48. The van der Waals surface area contributed by atoms with Gasteiger partial charge in [-0.1, -0.05) is 41.0 Å². The normalized spacial score (nSPS) is 23.7. The van der Waals surface area contributed by atoms with Crippen molar-refractivity contribution in [3.05, 3.63) is 34.4 Å². The lowest BCUT2D eigenvalue weighted by Crippen LogP contribution is -2.43. The van der Waals surface area contributed by atoms with Gasteiger partial charge in [-0.05, 0) is 31.4 Å². The van der Waals surface area contributed by atoms with Crippen LogP contribution >= 0.6 is 35.0 Å². The van der Waals surface area contributed by atoms with Crippen molar-refractivity contribution >= 4 is 52.3 Å². The molecule has 0 unspecified atom stereocenters. The maximum atomic E-state index is 6.25. The maximum absolute atomic E-state index is 6.25. The molecule has 1 aliphatic carbocycles. The second-order valence-corrected chi connectivity index (χ2v) is 8.51. The van der Waals surface area contributed by atoms with Crippen molar-refractivity contribution in [1.29, 1.82) is 0 Å². The number of benzene rings is 1. The topological polar surface area (TPSA) is 67.4 Å². The standard InChI is InChI=1S/C18H19Cl2N5S/c1-22-13-5-6-18(13)7-8-25(10-18)14-9-23-17(16(21)24-14)26-12-4-2-3-11(19)15(12)20/h2-4,9H,5-8,10H2,1H3,(H2,21,24)/t18-/m0/s1. The van der Waals surface area contributed by atoms with E-state index in [1.807, 2.05) is 19.2 Å². The van der Waals surface area contributed by atoms with Crippen molar-refractivity contribution in [3.8, 4) is 0 Å². The van der Waals surface area contributed by atoms with Gasteiger partial charge in [-0.2, -0.15) is 0 Å². The number of nitrogens with two attached hydrogens (primary N) is 1. The zero-order valence-electron chi connectivity index (χ0n) is 14.4. The van der Waals surface area contributed by atoms with Gasteiger partial charge in [-0.15, -0.1) is 0 Å². The number of nitrogens with zero attached hydrogens (tertiary/aromatic N) is 4. The van der Waals surface area contributed by atoms with Crippen LogP contribution in [-0.4, -0.2) is 35.8 Å². The number of aromatic nitrogens is 2. The highest BCUT2D eigenvalue weighted by Crippen LogP contribution is 2.47. The summed E-state index contributed by atoms with van der Waals surface area (Å²) in [5, 5.41) is 1.64. The largest absolute Gasteiger partial charge is 0.381 e. The molecule has 26 heavy (non-hydrogen) atoms. The molecule has 2 aliphatic rings. The van der Waals surface area contributed by atoms with Gasteiger partial charge >= 0.3 is 0 Å². The fraction of sp³-hybridized carbons (Fsp3) is 0.389. The van der Waals surface area contributed by atoms with Crippen LogP contribution in [0.5, 0.6) is 0 Å². The van der Waals surface area contributed by atoms with Crippen molar-refractivity contribution in [2.75, 3.05) is 30.8 Å². The molecule has 1 atom stereocenters. The third-order valence-corrected chi connectivity index (χ3v) is 7.27. The molecule has 1 aliphatic heterocycles. The van der Waals surface area contributed by atoms with Crippen molar-refractivity contribution in [2.45, 2.75) is 29.2 Å². The lowest BCUT2D eigenvalue weighted by atomic mass is 9.66. The van der Waals surface area contributed by atoms with E-state index in [1.54, 1.807) is 12.3 Å². The van der Waals surface area contributed by atoms with E-state index in [1.165, 1.54) is 23.9 Å². The smallest absolute Gasteiger partial charge is 0.158 e. The van der Waals surface area contributed by atoms with E-state index in [2.05, 4.69) is 19.9 Å².